The maximum atomic E-state index is 12.8. The van der Waals surface area contributed by atoms with E-state index in [0.29, 0.717) is 30.1 Å². The van der Waals surface area contributed by atoms with Crippen LogP contribution in [-0.2, 0) is 14.8 Å². The number of halogens is 1. The van der Waals surface area contributed by atoms with Gasteiger partial charge in [0.1, 0.15) is 0 Å². The van der Waals surface area contributed by atoms with E-state index in [-0.39, 0.29) is 17.2 Å². The molecule has 0 aromatic heterocycles. The fraction of sp³-hybridized carbons (Fsp3) is 0.533. The molecule has 1 unspecified atom stereocenters. The van der Waals surface area contributed by atoms with Crippen LogP contribution in [0.4, 0.5) is 0 Å². The number of rotatable bonds is 5. The van der Waals surface area contributed by atoms with Crippen LogP contribution in [0.1, 0.15) is 31.2 Å². The van der Waals surface area contributed by atoms with Crippen LogP contribution in [0.25, 0.3) is 0 Å². The molecule has 0 amide bonds. The van der Waals surface area contributed by atoms with Crippen molar-refractivity contribution < 1.29 is 18.3 Å². The monoisotopic (exact) mass is 345 g/mol. The third kappa shape index (κ3) is 4.00. The van der Waals surface area contributed by atoms with Gasteiger partial charge in [0.25, 0.3) is 0 Å². The summed E-state index contributed by atoms with van der Waals surface area (Å²) in [4.78, 5) is 10.9. The summed E-state index contributed by atoms with van der Waals surface area (Å²) in [5, 5.41) is 9.16. The van der Waals surface area contributed by atoms with E-state index in [2.05, 4.69) is 0 Å². The van der Waals surface area contributed by atoms with E-state index >= 15 is 0 Å². The van der Waals surface area contributed by atoms with E-state index in [1.807, 2.05) is 0 Å². The van der Waals surface area contributed by atoms with E-state index in [1.165, 1.54) is 10.4 Å². The second-order valence-corrected chi connectivity index (χ2v) is 8.06. The van der Waals surface area contributed by atoms with E-state index in [9.17, 15) is 13.2 Å². The molecule has 0 radical (unpaired) electrons. The zero-order chi connectivity index (χ0) is 16.3. The van der Waals surface area contributed by atoms with Crippen molar-refractivity contribution in [2.24, 2.45) is 5.92 Å². The van der Waals surface area contributed by atoms with Crippen molar-refractivity contribution in [2.45, 2.75) is 37.5 Å². The van der Waals surface area contributed by atoms with Gasteiger partial charge in [0.15, 0.2) is 0 Å². The lowest BCUT2D eigenvalue weighted by Gasteiger charge is -2.32. The average molecular weight is 346 g/mol. The summed E-state index contributed by atoms with van der Waals surface area (Å²) in [5.41, 5.74) is 0.664. The van der Waals surface area contributed by atoms with Crippen molar-refractivity contribution >= 4 is 27.6 Å². The molecule has 122 valence electrons. The smallest absolute Gasteiger partial charge is 0.303 e. The van der Waals surface area contributed by atoms with Crippen LogP contribution in [0.3, 0.4) is 0 Å². The van der Waals surface area contributed by atoms with Crippen LogP contribution in [0.5, 0.6) is 0 Å². The Bertz CT molecular complexity index is 660. The minimum atomic E-state index is -3.59. The second kappa shape index (κ2) is 6.98. The van der Waals surface area contributed by atoms with Gasteiger partial charge in [0.05, 0.1) is 4.90 Å². The van der Waals surface area contributed by atoms with Gasteiger partial charge < -0.3 is 5.11 Å². The standard InChI is InChI=1S/C15H20ClNO4S/c1-11-4-6-13(16)9-14(11)22(20,21)17-8-2-3-12(10-17)5-7-15(18)19/h4,6,9,12H,2-3,5,7-8,10H2,1H3,(H,18,19). The molecular formula is C15H20ClNO4S. The minimum absolute atomic E-state index is 0.0781. The first-order chi connectivity index (χ1) is 10.3. The highest BCUT2D eigenvalue weighted by atomic mass is 35.5. The Labute approximate surface area is 135 Å². The molecule has 0 spiro atoms. The van der Waals surface area contributed by atoms with Crippen LogP contribution in [0, 0.1) is 12.8 Å². The molecule has 0 bridgehead atoms. The number of piperidine rings is 1. The molecule has 1 heterocycles. The quantitative estimate of drug-likeness (QED) is 0.890. The molecule has 1 saturated heterocycles. The van der Waals surface area contributed by atoms with Gasteiger partial charge in [-0.25, -0.2) is 8.42 Å². The largest absolute Gasteiger partial charge is 0.481 e. The zero-order valence-electron chi connectivity index (χ0n) is 12.5. The Morgan fingerprint density at radius 3 is 2.86 bits per heavy atom. The lowest BCUT2D eigenvalue weighted by atomic mass is 9.95. The number of carboxylic acids is 1. The van der Waals surface area contributed by atoms with Crippen molar-refractivity contribution in [3.63, 3.8) is 0 Å². The van der Waals surface area contributed by atoms with Gasteiger partial charge in [-0.15, -0.1) is 0 Å². The highest BCUT2D eigenvalue weighted by molar-refractivity contribution is 7.89. The first-order valence-electron chi connectivity index (χ1n) is 7.29. The summed E-state index contributed by atoms with van der Waals surface area (Å²) in [6.07, 6.45) is 2.21. The second-order valence-electron chi connectivity index (χ2n) is 5.71. The van der Waals surface area contributed by atoms with Crippen molar-refractivity contribution in [3.05, 3.63) is 28.8 Å². The Morgan fingerprint density at radius 2 is 2.18 bits per heavy atom. The molecule has 5 nitrogen and oxygen atoms in total. The molecule has 1 atom stereocenters. The topological polar surface area (TPSA) is 74.7 Å². The first kappa shape index (κ1) is 17.2. The number of hydrogen-bond donors (Lipinski definition) is 1. The molecule has 1 N–H and O–H groups in total. The number of carboxylic acid groups (broad SMARTS) is 1. The van der Waals surface area contributed by atoms with E-state index in [4.69, 9.17) is 16.7 Å². The van der Waals surface area contributed by atoms with Crippen LogP contribution in [-0.4, -0.2) is 36.9 Å². The Kier molecular flexibility index (Phi) is 5.47. The van der Waals surface area contributed by atoms with Gasteiger partial charge in [-0.2, -0.15) is 4.31 Å². The molecule has 7 heteroatoms. The van der Waals surface area contributed by atoms with Crippen LogP contribution in [0.15, 0.2) is 23.1 Å². The average Bonchev–Trinajstić information content (AvgIpc) is 2.48. The molecule has 0 aliphatic carbocycles. The summed E-state index contributed by atoms with van der Waals surface area (Å²) in [6, 6.07) is 4.84. The SMILES string of the molecule is Cc1ccc(Cl)cc1S(=O)(=O)N1CCCC(CCC(=O)O)C1. The van der Waals surface area contributed by atoms with Gasteiger partial charge in [0, 0.05) is 24.5 Å². The Morgan fingerprint density at radius 1 is 1.45 bits per heavy atom. The number of aliphatic carboxylic acids is 1. The highest BCUT2D eigenvalue weighted by Gasteiger charge is 2.31. The third-order valence-electron chi connectivity index (χ3n) is 4.02. The number of hydrogen-bond acceptors (Lipinski definition) is 3. The summed E-state index contributed by atoms with van der Waals surface area (Å²) >= 11 is 5.93. The lowest BCUT2D eigenvalue weighted by Crippen LogP contribution is -2.40. The van der Waals surface area contributed by atoms with Gasteiger partial charge in [-0.1, -0.05) is 17.7 Å². The normalized spacial score (nSPS) is 20.0. The molecule has 1 aliphatic heterocycles. The van der Waals surface area contributed by atoms with Crippen molar-refractivity contribution in [1.82, 2.24) is 4.31 Å². The molecule has 1 aromatic carbocycles. The van der Waals surface area contributed by atoms with Crippen LogP contribution >= 0.6 is 11.6 Å². The molecule has 0 saturated carbocycles. The first-order valence-corrected chi connectivity index (χ1v) is 9.10. The molecular weight excluding hydrogens is 326 g/mol. The Balaban J connectivity index is 2.18. The van der Waals surface area contributed by atoms with Crippen LogP contribution < -0.4 is 0 Å². The summed E-state index contributed by atoms with van der Waals surface area (Å²) < 4.78 is 27.0. The van der Waals surface area contributed by atoms with E-state index in [1.54, 1.807) is 19.1 Å². The Hall–Kier alpha value is -1.11. The maximum absolute atomic E-state index is 12.8. The number of benzene rings is 1. The van der Waals surface area contributed by atoms with Gasteiger partial charge >= 0.3 is 5.97 Å². The molecule has 2 rings (SSSR count). The fourth-order valence-corrected chi connectivity index (χ4v) is 4.84. The van der Waals surface area contributed by atoms with Crippen molar-refractivity contribution in [1.29, 1.82) is 0 Å². The summed E-state index contributed by atoms with van der Waals surface area (Å²) in [6.45, 7) is 2.59. The lowest BCUT2D eigenvalue weighted by molar-refractivity contribution is -0.137. The molecule has 1 aliphatic rings. The highest BCUT2D eigenvalue weighted by Crippen LogP contribution is 2.29. The summed E-state index contributed by atoms with van der Waals surface area (Å²) in [5.74, 6) is -0.746. The predicted octanol–water partition coefficient (Wildman–Crippen LogP) is 2.91. The molecule has 1 fully saturated rings. The number of aryl methyl sites for hydroxylation is 1. The maximum Gasteiger partial charge on any atom is 0.303 e. The molecule has 1 aromatic rings. The van der Waals surface area contributed by atoms with Gasteiger partial charge in [0.2, 0.25) is 10.0 Å². The van der Waals surface area contributed by atoms with Gasteiger partial charge in [-0.05, 0) is 49.8 Å². The number of carbonyl (C=O) groups is 1. The van der Waals surface area contributed by atoms with Gasteiger partial charge in [-0.3, -0.25) is 4.79 Å². The zero-order valence-corrected chi connectivity index (χ0v) is 14.0. The summed E-state index contributed by atoms with van der Waals surface area (Å²) in [7, 11) is -3.59. The number of sulfonamides is 1. The fourth-order valence-electron chi connectivity index (χ4n) is 2.80. The van der Waals surface area contributed by atoms with Crippen molar-refractivity contribution in [2.75, 3.05) is 13.1 Å². The minimum Gasteiger partial charge on any atom is -0.481 e. The van der Waals surface area contributed by atoms with Crippen LogP contribution in [0.2, 0.25) is 5.02 Å². The number of nitrogens with zero attached hydrogens (tertiary/aromatic N) is 1. The third-order valence-corrected chi connectivity index (χ3v) is 6.26. The van der Waals surface area contributed by atoms with Crippen molar-refractivity contribution in [3.8, 4) is 0 Å². The van der Waals surface area contributed by atoms with E-state index in [0.717, 1.165) is 12.8 Å². The predicted molar refractivity (Wildman–Crippen MR) is 84.5 cm³/mol. The molecule has 22 heavy (non-hydrogen) atoms. The van der Waals surface area contributed by atoms with E-state index < -0.39 is 16.0 Å².